The summed E-state index contributed by atoms with van der Waals surface area (Å²) in [5.74, 6) is 0. The standard InChI is InChI=1S/C23H21N/c1-16-8-6-7-11-20(16)21-14-19(18-9-4-3-5-10-18)15-22-23(21)17(2)12-13-24-22/h4,6-15H,3,5H2,1-2H3. The van der Waals surface area contributed by atoms with Gasteiger partial charge in [-0.05, 0) is 78.3 Å². The summed E-state index contributed by atoms with van der Waals surface area (Å²) < 4.78 is 0. The molecule has 1 aliphatic carbocycles. The van der Waals surface area contributed by atoms with E-state index in [1.54, 1.807) is 0 Å². The molecule has 118 valence electrons. The van der Waals surface area contributed by atoms with Gasteiger partial charge in [0.05, 0.1) is 5.52 Å². The molecule has 4 rings (SSSR count). The third-order valence-corrected chi connectivity index (χ3v) is 4.81. The molecule has 0 unspecified atom stereocenters. The van der Waals surface area contributed by atoms with E-state index in [2.05, 4.69) is 79.5 Å². The van der Waals surface area contributed by atoms with Gasteiger partial charge in [0.15, 0.2) is 0 Å². The first-order valence-electron chi connectivity index (χ1n) is 8.56. The number of allylic oxidation sites excluding steroid dienone is 4. The lowest BCUT2D eigenvalue weighted by Crippen LogP contribution is -1.94. The number of aromatic nitrogens is 1. The summed E-state index contributed by atoms with van der Waals surface area (Å²) in [6.07, 6.45) is 11.0. The Morgan fingerprint density at radius 2 is 1.75 bits per heavy atom. The van der Waals surface area contributed by atoms with Gasteiger partial charge in [0, 0.05) is 11.6 Å². The molecule has 0 saturated carbocycles. The Labute approximate surface area is 143 Å². The van der Waals surface area contributed by atoms with Crippen molar-refractivity contribution >= 4 is 16.5 Å². The maximum atomic E-state index is 4.66. The molecule has 0 N–H and O–H groups in total. The van der Waals surface area contributed by atoms with Crippen molar-refractivity contribution in [1.29, 1.82) is 0 Å². The molecular weight excluding hydrogens is 290 g/mol. The number of nitrogens with zero attached hydrogens (tertiary/aromatic N) is 1. The first-order valence-corrected chi connectivity index (χ1v) is 8.56. The zero-order chi connectivity index (χ0) is 16.5. The van der Waals surface area contributed by atoms with E-state index in [-0.39, 0.29) is 0 Å². The molecule has 0 amide bonds. The third kappa shape index (κ3) is 2.56. The summed E-state index contributed by atoms with van der Waals surface area (Å²) >= 11 is 0. The van der Waals surface area contributed by atoms with E-state index in [9.17, 15) is 0 Å². The summed E-state index contributed by atoms with van der Waals surface area (Å²) in [4.78, 5) is 4.66. The van der Waals surface area contributed by atoms with Gasteiger partial charge < -0.3 is 0 Å². The van der Waals surface area contributed by atoms with Crippen molar-refractivity contribution < 1.29 is 0 Å². The summed E-state index contributed by atoms with van der Waals surface area (Å²) in [6, 6.07) is 15.3. The van der Waals surface area contributed by atoms with Crippen molar-refractivity contribution in [1.82, 2.24) is 4.98 Å². The number of fused-ring (bicyclic) bond motifs is 1. The maximum absolute atomic E-state index is 4.66. The monoisotopic (exact) mass is 311 g/mol. The summed E-state index contributed by atoms with van der Waals surface area (Å²) in [7, 11) is 0. The minimum atomic E-state index is 1.07. The molecule has 1 heterocycles. The van der Waals surface area contributed by atoms with Crippen LogP contribution in [-0.4, -0.2) is 4.98 Å². The molecule has 0 bridgehead atoms. The van der Waals surface area contributed by atoms with E-state index < -0.39 is 0 Å². The lowest BCUT2D eigenvalue weighted by molar-refractivity contribution is 1.04. The smallest absolute Gasteiger partial charge is 0.0717 e. The van der Waals surface area contributed by atoms with Crippen LogP contribution in [0.1, 0.15) is 29.5 Å². The van der Waals surface area contributed by atoms with Crippen LogP contribution in [0.2, 0.25) is 0 Å². The third-order valence-electron chi connectivity index (χ3n) is 4.81. The largest absolute Gasteiger partial charge is 0.256 e. The first-order chi connectivity index (χ1) is 11.7. The van der Waals surface area contributed by atoms with E-state index >= 15 is 0 Å². The molecule has 24 heavy (non-hydrogen) atoms. The van der Waals surface area contributed by atoms with E-state index in [4.69, 9.17) is 0 Å². The van der Waals surface area contributed by atoms with Crippen molar-refractivity contribution in [2.45, 2.75) is 26.7 Å². The lowest BCUT2D eigenvalue weighted by atomic mass is 9.90. The van der Waals surface area contributed by atoms with Gasteiger partial charge in [-0.15, -0.1) is 0 Å². The quantitative estimate of drug-likeness (QED) is 0.545. The van der Waals surface area contributed by atoms with Gasteiger partial charge in [0.1, 0.15) is 0 Å². The second kappa shape index (κ2) is 6.09. The Kier molecular flexibility index (Phi) is 3.78. The highest BCUT2D eigenvalue weighted by Gasteiger charge is 2.13. The average Bonchev–Trinajstić information content (AvgIpc) is 2.62. The molecule has 1 nitrogen and oxygen atoms in total. The molecule has 3 aromatic rings. The highest BCUT2D eigenvalue weighted by molar-refractivity contribution is 6.00. The highest BCUT2D eigenvalue weighted by Crippen LogP contribution is 2.35. The SMILES string of the molecule is Cc1ccccc1-c1cc(C2=CCCC=C2)cc2nccc(C)c12. The van der Waals surface area contributed by atoms with Gasteiger partial charge in [-0.1, -0.05) is 42.5 Å². The fourth-order valence-electron chi connectivity index (χ4n) is 3.54. The van der Waals surface area contributed by atoms with Crippen LogP contribution in [0.3, 0.4) is 0 Å². The minimum Gasteiger partial charge on any atom is -0.256 e. The number of benzene rings is 2. The summed E-state index contributed by atoms with van der Waals surface area (Å²) in [5, 5.41) is 1.26. The summed E-state index contributed by atoms with van der Waals surface area (Å²) in [6.45, 7) is 4.35. The molecule has 0 fully saturated rings. The summed E-state index contributed by atoms with van der Waals surface area (Å²) in [5.41, 5.74) is 8.79. The molecule has 1 aliphatic rings. The van der Waals surface area contributed by atoms with Gasteiger partial charge in [0.25, 0.3) is 0 Å². The molecule has 2 aromatic carbocycles. The Hall–Kier alpha value is -2.67. The highest BCUT2D eigenvalue weighted by atomic mass is 14.6. The predicted octanol–water partition coefficient (Wildman–Crippen LogP) is 6.25. The van der Waals surface area contributed by atoms with Crippen LogP contribution in [0, 0.1) is 13.8 Å². The fraction of sp³-hybridized carbons (Fsp3) is 0.174. The van der Waals surface area contributed by atoms with Crippen molar-refractivity contribution in [3.63, 3.8) is 0 Å². The van der Waals surface area contributed by atoms with E-state index in [0.29, 0.717) is 0 Å². The van der Waals surface area contributed by atoms with E-state index in [1.165, 1.54) is 38.8 Å². The van der Waals surface area contributed by atoms with Gasteiger partial charge in [-0.3, -0.25) is 4.98 Å². The van der Waals surface area contributed by atoms with E-state index in [1.807, 2.05) is 6.20 Å². The van der Waals surface area contributed by atoms with Gasteiger partial charge in [0.2, 0.25) is 0 Å². The van der Waals surface area contributed by atoms with Gasteiger partial charge in [-0.2, -0.15) is 0 Å². The van der Waals surface area contributed by atoms with Crippen LogP contribution in [0.15, 0.2) is 66.9 Å². The molecule has 0 radical (unpaired) electrons. The molecular formula is C23H21N. The maximum Gasteiger partial charge on any atom is 0.0717 e. The zero-order valence-electron chi connectivity index (χ0n) is 14.2. The Balaban J connectivity index is 2.04. The number of rotatable bonds is 2. The molecule has 1 heteroatoms. The van der Waals surface area contributed by atoms with Crippen LogP contribution >= 0.6 is 0 Å². The van der Waals surface area contributed by atoms with Crippen LogP contribution in [0.25, 0.3) is 27.6 Å². The van der Waals surface area contributed by atoms with Gasteiger partial charge >= 0.3 is 0 Å². The van der Waals surface area contributed by atoms with Crippen molar-refractivity contribution in [2.24, 2.45) is 0 Å². The average molecular weight is 311 g/mol. The van der Waals surface area contributed by atoms with Gasteiger partial charge in [-0.25, -0.2) is 0 Å². The molecule has 0 aliphatic heterocycles. The molecule has 0 spiro atoms. The van der Waals surface area contributed by atoms with Crippen LogP contribution in [0.4, 0.5) is 0 Å². The van der Waals surface area contributed by atoms with Crippen LogP contribution in [0.5, 0.6) is 0 Å². The Morgan fingerprint density at radius 3 is 2.54 bits per heavy atom. The number of pyridine rings is 1. The van der Waals surface area contributed by atoms with Crippen LogP contribution < -0.4 is 0 Å². The minimum absolute atomic E-state index is 1.07. The van der Waals surface area contributed by atoms with Crippen molar-refractivity contribution in [3.05, 3.63) is 83.6 Å². The molecule has 0 atom stereocenters. The van der Waals surface area contributed by atoms with Crippen molar-refractivity contribution in [3.8, 4) is 11.1 Å². The topological polar surface area (TPSA) is 12.9 Å². The predicted molar refractivity (Wildman–Crippen MR) is 103 cm³/mol. The lowest BCUT2D eigenvalue weighted by Gasteiger charge is -2.15. The second-order valence-corrected chi connectivity index (χ2v) is 6.50. The zero-order valence-corrected chi connectivity index (χ0v) is 14.2. The Bertz CT molecular complexity index is 976. The number of hydrogen-bond donors (Lipinski definition) is 0. The number of hydrogen-bond acceptors (Lipinski definition) is 1. The molecule has 1 aromatic heterocycles. The second-order valence-electron chi connectivity index (χ2n) is 6.50. The first kappa shape index (κ1) is 14.9. The normalized spacial score (nSPS) is 14.0. The van der Waals surface area contributed by atoms with E-state index in [0.717, 1.165) is 18.4 Å². The Morgan fingerprint density at radius 1 is 0.875 bits per heavy atom. The number of aryl methyl sites for hydroxylation is 2. The fourth-order valence-corrected chi connectivity index (χ4v) is 3.54. The van der Waals surface area contributed by atoms with Crippen LogP contribution in [-0.2, 0) is 0 Å². The van der Waals surface area contributed by atoms with Crippen molar-refractivity contribution in [2.75, 3.05) is 0 Å². The molecule has 0 saturated heterocycles.